The van der Waals surface area contributed by atoms with Crippen LogP contribution in [0.3, 0.4) is 0 Å². The van der Waals surface area contributed by atoms with Crippen LogP contribution in [-0.2, 0) is 4.74 Å². The lowest BCUT2D eigenvalue weighted by Gasteiger charge is -1.99. The van der Waals surface area contributed by atoms with Crippen molar-refractivity contribution >= 4 is 28.6 Å². The van der Waals surface area contributed by atoms with Gasteiger partial charge in [-0.15, -0.1) is 0 Å². The fraction of sp³-hybridized carbons (Fsp3) is 0.250. The van der Waals surface area contributed by atoms with E-state index in [1.807, 2.05) is 6.07 Å². The summed E-state index contributed by atoms with van der Waals surface area (Å²) in [5.41, 5.74) is 1.29. The van der Waals surface area contributed by atoms with Gasteiger partial charge >= 0.3 is 5.97 Å². The Morgan fingerprint density at radius 2 is 2.44 bits per heavy atom. The molecule has 0 aliphatic heterocycles. The van der Waals surface area contributed by atoms with Gasteiger partial charge in [-0.05, 0) is 25.1 Å². The summed E-state index contributed by atoms with van der Waals surface area (Å²) in [6.45, 7) is 2.05. The van der Waals surface area contributed by atoms with Gasteiger partial charge in [-0.2, -0.15) is 5.26 Å². The Balaban J connectivity index is 2.40. The van der Waals surface area contributed by atoms with Crippen LogP contribution in [0.5, 0.6) is 0 Å². The van der Waals surface area contributed by atoms with Gasteiger partial charge < -0.3 is 9.72 Å². The number of H-pyrrole nitrogens is 1. The highest BCUT2D eigenvalue weighted by molar-refractivity contribution is 6.22. The molecule has 5 nitrogen and oxygen atoms in total. The van der Waals surface area contributed by atoms with Crippen LogP contribution >= 0.6 is 11.6 Å². The molecule has 0 spiro atoms. The number of ether oxygens (including phenoxy) is 1. The van der Waals surface area contributed by atoms with Crippen LogP contribution < -0.4 is 0 Å². The second-order valence-corrected chi connectivity index (χ2v) is 4.01. The molecule has 0 aromatic carbocycles. The van der Waals surface area contributed by atoms with Crippen molar-refractivity contribution in [2.75, 3.05) is 6.61 Å². The molecular formula is C12H10ClN3O2. The minimum absolute atomic E-state index is 0.311. The normalized spacial score (nSPS) is 12.1. The molecule has 0 saturated carbocycles. The maximum Gasteiger partial charge on any atom is 0.354 e. The quantitative estimate of drug-likeness (QED) is 0.682. The van der Waals surface area contributed by atoms with E-state index in [9.17, 15) is 4.79 Å². The molecule has 0 saturated heterocycles. The number of carbonyl (C=O) groups excluding carboxylic acids is 1. The van der Waals surface area contributed by atoms with Crippen LogP contribution in [-0.4, -0.2) is 22.5 Å². The fourth-order valence-corrected chi connectivity index (χ4v) is 1.67. The number of carbonyl (C=O) groups is 1. The minimum Gasteiger partial charge on any atom is -0.461 e. The van der Waals surface area contributed by atoms with E-state index in [4.69, 9.17) is 21.6 Å². The summed E-state index contributed by atoms with van der Waals surface area (Å²) in [6, 6.07) is 6.96. The molecule has 1 atom stereocenters. The number of hydrogen-bond donors (Lipinski definition) is 1. The van der Waals surface area contributed by atoms with Crippen molar-refractivity contribution in [1.29, 1.82) is 5.26 Å². The van der Waals surface area contributed by atoms with E-state index >= 15 is 0 Å². The van der Waals surface area contributed by atoms with Crippen molar-refractivity contribution < 1.29 is 9.53 Å². The van der Waals surface area contributed by atoms with Crippen LogP contribution in [0.2, 0.25) is 0 Å². The largest absolute Gasteiger partial charge is 0.461 e. The lowest BCUT2D eigenvalue weighted by atomic mass is 10.2. The van der Waals surface area contributed by atoms with Gasteiger partial charge in [0.2, 0.25) is 0 Å². The van der Waals surface area contributed by atoms with Crippen LogP contribution in [0.25, 0.3) is 11.0 Å². The summed E-state index contributed by atoms with van der Waals surface area (Å²) in [4.78, 5) is 18.6. The summed E-state index contributed by atoms with van der Waals surface area (Å²) in [5.74, 6) is -0.431. The standard InChI is InChI=1S/C12H10ClN3O2/c1-2-18-12(17)10-5-7-3-4-9(8(13)6-14)15-11(7)16-10/h3-5,8H,2H2,1H3,(H,15,16). The summed E-state index contributed by atoms with van der Waals surface area (Å²) in [6.07, 6.45) is 0. The molecule has 1 N–H and O–H groups in total. The van der Waals surface area contributed by atoms with E-state index in [1.165, 1.54) is 0 Å². The van der Waals surface area contributed by atoms with Crippen LogP contribution in [0.1, 0.15) is 28.5 Å². The molecule has 2 rings (SSSR count). The highest BCUT2D eigenvalue weighted by Crippen LogP contribution is 2.21. The first-order valence-electron chi connectivity index (χ1n) is 5.36. The van der Waals surface area contributed by atoms with Gasteiger partial charge in [-0.25, -0.2) is 9.78 Å². The van der Waals surface area contributed by atoms with Crippen molar-refractivity contribution in [2.24, 2.45) is 0 Å². The average Bonchev–Trinajstić information content (AvgIpc) is 2.80. The van der Waals surface area contributed by atoms with E-state index in [0.29, 0.717) is 23.6 Å². The van der Waals surface area contributed by atoms with Crippen molar-refractivity contribution in [2.45, 2.75) is 12.3 Å². The number of nitriles is 1. The van der Waals surface area contributed by atoms with E-state index in [2.05, 4.69) is 9.97 Å². The second-order valence-electron chi connectivity index (χ2n) is 3.57. The molecule has 0 aliphatic rings. The predicted molar refractivity (Wildman–Crippen MR) is 66.3 cm³/mol. The van der Waals surface area contributed by atoms with Crippen molar-refractivity contribution in [3.05, 3.63) is 29.6 Å². The Hall–Kier alpha value is -2.06. The third kappa shape index (κ3) is 2.29. The van der Waals surface area contributed by atoms with Crippen LogP contribution in [0.4, 0.5) is 0 Å². The highest BCUT2D eigenvalue weighted by atomic mass is 35.5. The Morgan fingerprint density at radius 3 is 3.11 bits per heavy atom. The van der Waals surface area contributed by atoms with Gasteiger partial charge in [0.1, 0.15) is 11.3 Å². The zero-order chi connectivity index (χ0) is 13.1. The van der Waals surface area contributed by atoms with Gasteiger partial charge in [0.15, 0.2) is 5.38 Å². The molecule has 0 aliphatic carbocycles. The van der Waals surface area contributed by atoms with Crippen molar-refractivity contribution in [1.82, 2.24) is 9.97 Å². The van der Waals surface area contributed by atoms with Crippen LogP contribution in [0, 0.1) is 11.3 Å². The first-order chi connectivity index (χ1) is 8.65. The fourth-order valence-electron chi connectivity index (χ4n) is 1.55. The smallest absolute Gasteiger partial charge is 0.354 e. The molecular weight excluding hydrogens is 254 g/mol. The van der Waals surface area contributed by atoms with Gasteiger partial charge in [0, 0.05) is 5.39 Å². The number of rotatable bonds is 3. The number of pyridine rings is 1. The lowest BCUT2D eigenvalue weighted by molar-refractivity contribution is 0.0520. The number of aromatic amines is 1. The molecule has 1 unspecified atom stereocenters. The maximum atomic E-state index is 11.5. The molecule has 6 heteroatoms. The third-order valence-electron chi connectivity index (χ3n) is 2.37. The minimum atomic E-state index is -0.802. The molecule has 0 fully saturated rings. The van der Waals surface area contributed by atoms with E-state index in [1.54, 1.807) is 25.1 Å². The molecule has 0 radical (unpaired) electrons. The van der Waals surface area contributed by atoms with E-state index in [-0.39, 0.29) is 0 Å². The second kappa shape index (κ2) is 5.07. The predicted octanol–water partition coefficient (Wildman–Crippen LogP) is 2.54. The Morgan fingerprint density at radius 1 is 1.67 bits per heavy atom. The number of nitrogens with zero attached hydrogens (tertiary/aromatic N) is 2. The summed E-state index contributed by atoms with van der Waals surface area (Å²) < 4.78 is 4.88. The molecule has 18 heavy (non-hydrogen) atoms. The number of fused-ring (bicyclic) bond motifs is 1. The lowest BCUT2D eigenvalue weighted by Crippen LogP contribution is -2.04. The van der Waals surface area contributed by atoms with Crippen molar-refractivity contribution in [3.63, 3.8) is 0 Å². The summed E-state index contributed by atoms with van der Waals surface area (Å²) >= 11 is 5.78. The number of esters is 1. The Kier molecular flexibility index (Phi) is 3.49. The molecule has 0 bridgehead atoms. The molecule has 92 valence electrons. The Labute approximate surface area is 108 Å². The number of halogens is 1. The number of nitrogens with one attached hydrogen (secondary N) is 1. The maximum absolute atomic E-state index is 11.5. The SMILES string of the molecule is CCOC(=O)c1cc2ccc(C(Cl)C#N)nc2[nH]1. The molecule has 2 aromatic rings. The molecule has 2 heterocycles. The average molecular weight is 264 g/mol. The molecule has 2 aromatic heterocycles. The summed E-state index contributed by atoms with van der Waals surface area (Å²) in [7, 11) is 0. The Bertz CT molecular complexity index is 630. The van der Waals surface area contributed by atoms with Gasteiger partial charge in [0.05, 0.1) is 18.4 Å². The first kappa shape index (κ1) is 12.4. The van der Waals surface area contributed by atoms with Gasteiger partial charge in [-0.3, -0.25) is 0 Å². The number of aromatic nitrogens is 2. The van der Waals surface area contributed by atoms with Crippen molar-refractivity contribution in [3.8, 4) is 6.07 Å². The summed E-state index contributed by atoms with van der Waals surface area (Å²) in [5, 5.41) is 8.68. The number of hydrogen-bond acceptors (Lipinski definition) is 4. The van der Waals surface area contributed by atoms with Gasteiger partial charge in [0.25, 0.3) is 0 Å². The highest BCUT2D eigenvalue weighted by Gasteiger charge is 2.13. The third-order valence-corrected chi connectivity index (χ3v) is 2.69. The van der Waals surface area contributed by atoms with E-state index in [0.717, 1.165) is 5.39 Å². The van der Waals surface area contributed by atoms with Gasteiger partial charge in [-0.1, -0.05) is 11.6 Å². The number of alkyl halides is 1. The zero-order valence-electron chi connectivity index (χ0n) is 9.61. The zero-order valence-corrected chi connectivity index (χ0v) is 10.4. The first-order valence-corrected chi connectivity index (χ1v) is 5.79. The monoisotopic (exact) mass is 263 g/mol. The van der Waals surface area contributed by atoms with Crippen LogP contribution in [0.15, 0.2) is 18.2 Å². The topological polar surface area (TPSA) is 78.8 Å². The van der Waals surface area contributed by atoms with E-state index < -0.39 is 11.3 Å². The molecule has 0 amide bonds.